The van der Waals surface area contributed by atoms with Crippen molar-refractivity contribution in [2.45, 2.75) is 13.0 Å². The van der Waals surface area contributed by atoms with Crippen molar-refractivity contribution in [1.29, 1.82) is 10.5 Å². The van der Waals surface area contributed by atoms with E-state index in [1.165, 1.54) is 11.3 Å². The molecule has 0 spiro atoms. The van der Waals surface area contributed by atoms with Gasteiger partial charge in [0.1, 0.15) is 27.6 Å². The first-order valence-electron chi connectivity index (χ1n) is 4.62. The van der Waals surface area contributed by atoms with E-state index in [0.717, 1.165) is 0 Å². The molecule has 0 aliphatic carbocycles. The number of nitrogens with zero attached hydrogens (tertiary/aromatic N) is 2. The lowest BCUT2D eigenvalue weighted by atomic mass is 10.2. The number of rotatable bonds is 4. The number of hydrogen-bond donors (Lipinski definition) is 2. The largest absolute Gasteiger partial charge is 0.396 e. The van der Waals surface area contributed by atoms with Crippen LogP contribution in [0.3, 0.4) is 0 Å². The molecular weight excluding hydrogens is 224 g/mol. The van der Waals surface area contributed by atoms with Crippen LogP contribution in [0.25, 0.3) is 0 Å². The summed E-state index contributed by atoms with van der Waals surface area (Å²) < 4.78 is 4.98. The van der Waals surface area contributed by atoms with Crippen molar-refractivity contribution in [2.75, 3.05) is 24.8 Å². The zero-order valence-corrected chi connectivity index (χ0v) is 9.89. The maximum absolute atomic E-state index is 8.95. The highest BCUT2D eigenvalue weighted by atomic mass is 32.1. The van der Waals surface area contributed by atoms with Gasteiger partial charge in [0.15, 0.2) is 0 Å². The zero-order valence-electron chi connectivity index (χ0n) is 9.07. The summed E-state index contributed by atoms with van der Waals surface area (Å²) >= 11 is 1.19. The fourth-order valence-corrected chi connectivity index (χ4v) is 2.23. The van der Waals surface area contributed by atoms with Crippen LogP contribution in [0, 0.1) is 22.7 Å². The second-order valence-corrected chi connectivity index (χ2v) is 4.29. The number of thiophene rings is 1. The Morgan fingerprint density at radius 2 is 2.19 bits per heavy atom. The predicted molar refractivity (Wildman–Crippen MR) is 63.1 cm³/mol. The Balaban J connectivity index is 2.97. The Morgan fingerprint density at radius 1 is 1.50 bits per heavy atom. The van der Waals surface area contributed by atoms with Crippen LogP contribution < -0.4 is 11.1 Å². The summed E-state index contributed by atoms with van der Waals surface area (Å²) in [4.78, 5) is 0.365. The van der Waals surface area contributed by atoms with Gasteiger partial charge in [-0.1, -0.05) is 0 Å². The first-order chi connectivity index (χ1) is 7.63. The number of anilines is 2. The SMILES string of the molecule is COCC(C)Nc1sc(C#N)c(N)c1C#N. The molecule has 3 N–H and O–H groups in total. The average molecular weight is 236 g/mol. The van der Waals surface area contributed by atoms with Gasteiger partial charge in [-0.05, 0) is 6.92 Å². The Bertz CT molecular complexity index is 455. The summed E-state index contributed by atoms with van der Waals surface area (Å²) in [5.74, 6) is 0. The van der Waals surface area contributed by atoms with Crippen molar-refractivity contribution in [3.63, 3.8) is 0 Å². The summed E-state index contributed by atoms with van der Waals surface area (Å²) in [5, 5.41) is 21.5. The lowest BCUT2D eigenvalue weighted by molar-refractivity contribution is 0.190. The highest BCUT2D eigenvalue weighted by molar-refractivity contribution is 7.17. The molecule has 0 aliphatic heterocycles. The molecule has 1 heterocycles. The Hall–Kier alpha value is -1.76. The van der Waals surface area contributed by atoms with Gasteiger partial charge < -0.3 is 15.8 Å². The summed E-state index contributed by atoms with van der Waals surface area (Å²) in [5.41, 5.74) is 6.26. The molecule has 0 aliphatic rings. The summed E-state index contributed by atoms with van der Waals surface area (Å²) in [6.07, 6.45) is 0. The molecule has 16 heavy (non-hydrogen) atoms. The number of nitrogens with one attached hydrogen (secondary N) is 1. The number of methoxy groups -OCH3 is 1. The molecule has 0 fully saturated rings. The number of ether oxygens (including phenoxy) is 1. The standard InChI is InChI=1S/C10H12N4OS/c1-6(5-15-2)14-10-7(3-11)9(13)8(4-12)16-10/h6,14H,5,13H2,1-2H3. The molecule has 1 atom stereocenters. The van der Waals surface area contributed by atoms with E-state index in [0.29, 0.717) is 22.0 Å². The van der Waals surface area contributed by atoms with Crippen LogP contribution in [-0.2, 0) is 4.74 Å². The second kappa shape index (κ2) is 5.36. The van der Waals surface area contributed by atoms with Gasteiger partial charge in [-0.3, -0.25) is 0 Å². The minimum absolute atomic E-state index is 0.0571. The molecule has 1 rings (SSSR count). The van der Waals surface area contributed by atoms with Crippen molar-refractivity contribution in [3.05, 3.63) is 10.4 Å². The lowest BCUT2D eigenvalue weighted by Gasteiger charge is -2.12. The van der Waals surface area contributed by atoms with Gasteiger partial charge in [-0.25, -0.2) is 0 Å². The number of hydrogen-bond acceptors (Lipinski definition) is 6. The monoisotopic (exact) mass is 236 g/mol. The quantitative estimate of drug-likeness (QED) is 0.826. The molecule has 0 bridgehead atoms. The van der Waals surface area contributed by atoms with Gasteiger partial charge >= 0.3 is 0 Å². The molecule has 0 saturated carbocycles. The van der Waals surface area contributed by atoms with Crippen LogP contribution >= 0.6 is 11.3 Å². The van der Waals surface area contributed by atoms with E-state index in [1.807, 2.05) is 19.1 Å². The average Bonchev–Trinajstić information content (AvgIpc) is 2.54. The zero-order chi connectivity index (χ0) is 12.1. The Labute approximate surface area is 98.0 Å². The van der Waals surface area contributed by atoms with E-state index in [9.17, 15) is 0 Å². The first-order valence-corrected chi connectivity index (χ1v) is 5.43. The van der Waals surface area contributed by atoms with Crippen molar-refractivity contribution < 1.29 is 4.74 Å². The van der Waals surface area contributed by atoms with Crippen molar-refractivity contribution in [3.8, 4) is 12.1 Å². The smallest absolute Gasteiger partial charge is 0.131 e. The summed E-state index contributed by atoms with van der Waals surface area (Å²) in [6, 6.07) is 4.02. The van der Waals surface area contributed by atoms with Gasteiger partial charge in [0.2, 0.25) is 0 Å². The fraction of sp³-hybridized carbons (Fsp3) is 0.400. The lowest BCUT2D eigenvalue weighted by Crippen LogP contribution is -2.20. The number of nitrogens with two attached hydrogens (primary N) is 1. The van der Waals surface area contributed by atoms with Crippen LogP contribution in [0.5, 0.6) is 0 Å². The normalized spacial score (nSPS) is 11.5. The summed E-state index contributed by atoms with van der Waals surface area (Å²) in [7, 11) is 1.60. The molecule has 0 radical (unpaired) electrons. The maximum atomic E-state index is 8.95. The predicted octanol–water partition coefficient (Wildman–Crippen LogP) is 1.52. The second-order valence-electron chi connectivity index (χ2n) is 3.27. The number of nitriles is 2. The van der Waals surface area contributed by atoms with E-state index in [4.69, 9.17) is 21.0 Å². The van der Waals surface area contributed by atoms with Gasteiger partial charge in [-0.15, -0.1) is 11.3 Å². The molecule has 0 saturated heterocycles. The van der Waals surface area contributed by atoms with E-state index in [2.05, 4.69) is 5.32 Å². The maximum Gasteiger partial charge on any atom is 0.131 e. The molecular formula is C10H12N4OS. The van der Waals surface area contributed by atoms with E-state index < -0.39 is 0 Å². The van der Waals surface area contributed by atoms with Crippen LogP contribution in [0.4, 0.5) is 10.7 Å². The van der Waals surface area contributed by atoms with Crippen LogP contribution in [0.15, 0.2) is 0 Å². The minimum atomic E-state index is 0.0571. The highest BCUT2D eigenvalue weighted by Crippen LogP contribution is 2.34. The molecule has 5 nitrogen and oxygen atoms in total. The fourth-order valence-electron chi connectivity index (χ4n) is 1.26. The Kier molecular flexibility index (Phi) is 4.12. The topological polar surface area (TPSA) is 94.9 Å². The van der Waals surface area contributed by atoms with Crippen molar-refractivity contribution in [1.82, 2.24) is 0 Å². The van der Waals surface area contributed by atoms with E-state index >= 15 is 0 Å². The third kappa shape index (κ3) is 2.43. The molecule has 6 heteroatoms. The first kappa shape index (κ1) is 12.3. The third-order valence-electron chi connectivity index (χ3n) is 1.95. The third-order valence-corrected chi connectivity index (χ3v) is 2.99. The van der Waals surface area contributed by atoms with E-state index in [1.54, 1.807) is 7.11 Å². The van der Waals surface area contributed by atoms with Crippen LogP contribution in [0.1, 0.15) is 17.4 Å². The van der Waals surface area contributed by atoms with Crippen molar-refractivity contribution in [2.24, 2.45) is 0 Å². The molecule has 1 aromatic rings. The number of nitrogen functional groups attached to an aromatic ring is 1. The Morgan fingerprint density at radius 3 is 2.69 bits per heavy atom. The minimum Gasteiger partial charge on any atom is -0.396 e. The summed E-state index contributed by atoms with van der Waals surface area (Å²) in [6.45, 7) is 2.44. The molecule has 84 valence electrons. The van der Waals surface area contributed by atoms with Gasteiger partial charge in [-0.2, -0.15) is 10.5 Å². The van der Waals surface area contributed by atoms with Crippen molar-refractivity contribution >= 4 is 22.0 Å². The molecule has 0 aromatic carbocycles. The highest BCUT2D eigenvalue weighted by Gasteiger charge is 2.16. The van der Waals surface area contributed by atoms with Gasteiger partial charge in [0, 0.05) is 13.2 Å². The molecule has 1 unspecified atom stereocenters. The molecule has 1 aromatic heterocycles. The van der Waals surface area contributed by atoms with Gasteiger partial charge in [0.25, 0.3) is 0 Å². The van der Waals surface area contributed by atoms with E-state index in [-0.39, 0.29) is 11.7 Å². The van der Waals surface area contributed by atoms with Crippen LogP contribution in [0.2, 0.25) is 0 Å². The van der Waals surface area contributed by atoms with Crippen LogP contribution in [-0.4, -0.2) is 19.8 Å². The molecule has 0 amide bonds. The van der Waals surface area contributed by atoms with Gasteiger partial charge in [0.05, 0.1) is 12.3 Å².